The lowest BCUT2D eigenvalue weighted by Crippen LogP contribution is -2.33. The fourth-order valence-corrected chi connectivity index (χ4v) is 4.71. The van der Waals surface area contributed by atoms with Gasteiger partial charge in [0.05, 0.1) is 25.7 Å². The molecule has 0 radical (unpaired) electrons. The van der Waals surface area contributed by atoms with Crippen molar-refractivity contribution >= 4 is 22.9 Å². The second kappa shape index (κ2) is 11.3. The average Bonchev–Trinajstić information content (AvgIpc) is 3.35. The highest BCUT2D eigenvalue weighted by atomic mass is 16.6. The maximum Gasteiger partial charge on any atom is 0.315 e. The van der Waals surface area contributed by atoms with Gasteiger partial charge in [-0.2, -0.15) is 4.98 Å². The molecule has 0 bridgehead atoms. The van der Waals surface area contributed by atoms with E-state index in [-0.39, 0.29) is 11.6 Å². The Morgan fingerprint density at radius 2 is 1.87 bits per heavy atom. The minimum absolute atomic E-state index is 0.0883. The number of hydrogen-bond acceptors (Lipinski definition) is 10. The van der Waals surface area contributed by atoms with E-state index in [1.807, 2.05) is 36.2 Å². The molecule has 4 rings (SSSR count). The van der Waals surface area contributed by atoms with E-state index in [9.17, 15) is 14.9 Å². The van der Waals surface area contributed by atoms with Crippen LogP contribution in [0.2, 0.25) is 0 Å². The number of rotatable bonds is 9. The molecule has 38 heavy (non-hydrogen) atoms. The molecule has 198 valence electrons. The molecule has 11 nitrogen and oxygen atoms in total. The van der Waals surface area contributed by atoms with E-state index < -0.39 is 22.7 Å². The molecule has 0 aliphatic carbocycles. The van der Waals surface area contributed by atoms with Crippen LogP contribution in [-0.2, 0) is 22.6 Å². The number of nitrogens with zero attached hydrogens (tertiary/aromatic N) is 5. The highest BCUT2D eigenvalue weighted by Gasteiger charge is 2.42. The van der Waals surface area contributed by atoms with E-state index in [1.165, 1.54) is 19.2 Å². The van der Waals surface area contributed by atoms with Crippen LogP contribution in [0.1, 0.15) is 42.6 Å². The number of allylic oxidation sites excluding steroid dienone is 2. The fraction of sp³-hybridized carbons (Fsp3) is 0.333. The zero-order chi connectivity index (χ0) is 27.4. The first-order valence-electron chi connectivity index (χ1n) is 11.9. The third-order valence-electron chi connectivity index (χ3n) is 6.44. The van der Waals surface area contributed by atoms with Gasteiger partial charge in [-0.05, 0) is 44.2 Å². The number of non-ortho nitro benzene ring substituents is 1. The second-order valence-corrected chi connectivity index (χ2v) is 9.12. The van der Waals surface area contributed by atoms with Crippen molar-refractivity contribution in [1.29, 1.82) is 0 Å². The van der Waals surface area contributed by atoms with Crippen LogP contribution in [0.25, 0.3) is 5.57 Å². The van der Waals surface area contributed by atoms with Crippen molar-refractivity contribution in [3.8, 4) is 5.75 Å². The summed E-state index contributed by atoms with van der Waals surface area (Å²) in [6.07, 6.45) is 0. The summed E-state index contributed by atoms with van der Waals surface area (Å²) in [5.74, 6) is -0.533. The molecular formula is C27H29N5O6. The normalized spacial score (nSPS) is 17.4. The van der Waals surface area contributed by atoms with Gasteiger partial charge in [-0.25, -0.2) is 0 Å². The molecule has 0 fully saturated rings. The molecule has 0 saturated carbocycles. The number of nitro benzene ring substituents is 1. The molecule has 3 aromatic rings. The topological polar surface area (TPSA) is 133 Å². The van der Waals surface area contributed by atoms with E-state index >= 15 is 0 Å². The maximum atomic E-state index is 12.9. The van der Waals surface area contributed by atoms with Gasteiger partial charge in [-0.1, -0.05) is 29.4 Å². The number of esters is 1. The van der Waals surface area contributed by atoms with Crippen LogP contribution in [0.15, 0.2) is 63.7 Å². The SMILES string of the molecule is COC(=O)C1C(C)=NC(C)=C(c2nc(CN(C)Cc3ccc(OC)cc3)no2)C1c1cccc([N+](=O)[O-])c1. The predicted octanol–water partition coefficient (Wildman–Crippen LogP) is 4.40. The lowest BCUT2D eigenvalue weighted by Gasteiger charge is -2.30. The van der Waals surface area contributed by atoms with Crippen LogP contribution < -0.4 is 4.74 Å². The Balaban J connectivity index is 1.66. The molecule has 11 heteroatoms. The molecule has 2 heterocycles. The van der Waals surface area contributed by atoms with E-state index in [1.54, 1.807) is 33.1 Å². The van der Waals surface area contributed by atoms with Gasteiger partial charge in [0, 0.05) is 41.6 Å². The number of aliphatic imine (C=N–C) groups is 1. The summed E-state index contributed by atoms with van der Waals surface area (Å²) < 4.78 is 16.0. The van der Waals surface area contributed by atoms with Crippen LogP contribution in [0.4, 0.5) is 5.69 Å². The zero-order valence-electron chi connectivity index (χ0n) is 21.9. The lowest BCUT2D eigenvalue weighted by atomic mass is 9.75. The van der Waals surface area contributed by atoms with Gasteiger partial charge in [-0.15, -0.1) is 0 Å². The summed E-state index contributed by atoms with van der Waals surface area (Å²) in [7, 11) is 4.87. The van der Waals surface area contributed by atoms with Crippen LogP contribution in [0, 0.1) is 16.0 Å². The number of ether oxygens (including phenoxy) is 2. The predicted molar refractivity (Wildman–Crippen MR) is 140 cm³/mol. The maximum absolute atomic E-state index is 12.9. The highest BCUT2D eigenvalue weighted by Crippen LogP contribution is 2.44. The van der Waals surface area contributed by atoms with E-state index in [4.69, 9.17) is 14.0 Å². The van der Waals surface area contributed by atoms with Crippen molar-refractivity contribution < 1.29 is 23.7 Å². The molecule has 2 atom stereocenters. The Kier molecular flexibility index (Phi) is 7.96. The highest BCUT2D eigenvalue weighted by molar-refractivity contribution is 6.06. The summed E-state index contributed by atoms with van der Waals surface area (Å²) in [5, 5.41) is 15.6. The first-order valence-corrected chi connectivity index (χ1v) is 11.9. The summed E-state index contributed by atoms with van der Waals surface area (Å²) in [4.78, 5) is 35.1. The number of carbonyl (C=O) groups excluding carboxylic acids is 1. The minimum atomic E-state index is -0.811. The largest absolute Gasteiger partial charge is 0.497 e. The zero-order valence-corrected chi connectivity index (χ0v) is 21.9. The number of hydrogen-bond donors (Lipinski definition) is 0. The molecule has 1 aromatic heterocycles. The van der Waals surface area contributed by atoms with Crippen molar-refractivity contribution in [2.75, 3.05) is 21.3 Å². The molecular weight excluding hydrogens is 490 g/mol. The Morgan fingerprint density at radius 1 is 1.13 bits per heavy atom. The van der Waals surface area contributed by atoms with Crippen molar-refractivity contribution in [3.05, 3.63) is 87.2 Å². The standard InChI is InChI=1S/C27H29N5O6/c1-16-23(26-29-22(30-38-26)15-31(3)14-18-9-11-21(36-4)12-10-18)25(24(17(2)28-16)27(33)37-5)19-7-6-8-20(13-19)32(34)35/h6-13,24-25H,14-15H2,1-5H3. The fourth-order valence-electron chi connectivity index (χ4n) is 4.71. The van der Waals surface area contributed by atoms with Crippen molar-refractivity contribution in [2.45, 2.75) is 32.9 Å². The monoisotopic (exact) mass is 519 g/mol. The Hall–Kier alpha value is -4.38. The van der Waals surface area contributed by atoms with Gasteiger partial charge in [-0.3, -0.25) is 24.8 Å². The third kappa shape index (κ3) is 5.62. The van der Waals surface area contributed by atoms with E-state index in [2.05, 4.69) is 15.1 Å². The van der Waals surface area contributed by atoms with Crippen molar-refractivity contribution in [3.63, 3.8) is 0 Å². The summed E-state index contributed by atoms with van der Waals surface area (Å²) in [5.41, 5.74) is 3.21. The number of benzene rings is 2. The average molecular weight is 520 g/mol. The molecule has 0 amide bonds. The quantitative estimate of drug-likeness (QED) is 0.229. The number of aromatic nitrogens is 2. The number of methoxy groups -OCH3 is 2. The summed E-state index contributed by atoms with van der Waals surface area (Å²) in [6, 6.07) is 14.0. The number of nitro groups is 1. The summed E-state index contributed by atoms with van der Waals surface area (Å²) >= 11 is 0. The van der Waals surface area contributed by atoms with Gasteiger partial charge < -0.3 is 14.0 Å². The van der Waals surface area contributed by atoms with Crippen LogP contribution in [0.3, 0.4) is 0 Å². The van der Waals surface area contributed by atoms with Gasteiger partial charge in [0.15, 0.2) is 5.82 Å². The molecule has 1 aliphatic rings. The first kappa shape index (κ1) is 26.7. The molecule has 0 spiro atoms. The van der Waals surface area contributed by atoms with Crippen molar-refractivity contribution in [2.24, 2.45) is 10.9 Å². The van der Waals surface area contributed by atoms with Crippen LogP contribution in [-0.4, -0.2) is 52.9 Å². The molecule has 1 aliphatic heterocycles. The van der Waals surface area contributed by atoms with Gasteiger partial charge in [0.25, 0.3) is 11.6 Å². The molecule has 2 unspecified atom stereocenters. The van der Waals surface area contributed by atoms with Gasteiger partial charge in [0.1, 0.15) is 11.7 Å². The van der Waals surface area contributed by atoms with Crippen LogP contribution >= 0.6 is 0 Å². The molecule has 2 aromatic carbocycles. The Labute approximate surface area is 219 Å². The second-order valence-electron chi connectivity index (χ2n) is 9.12. The van der Waals surface area contributed by atoms with E-state index in [0.717, 1.165) is 11.3 Å². The Morgan fingerprint density at radius 3 is 2.53 bits per heavy atom. The molecule has 0 saturated heterocycles. The van der Waals surface area contributed by atoms with Crippen molar-refractivity contribution in [1.82, 2.24) is 15.0 Å². The number of carbonyl (C=O) groups is 1. The summed E-state index contributed by atoms with van der Waals surface area (Å²) in [6.45, 7) is 4.59. The first-order chi connectivity index (χ1) is 18.2. The molecule has 0 N–H and O–H groups in total. The Bertz CT molecular complexity index is 1390. The van der Waals surface area contributed by atoms with Crippen LogP contribution in [0.5, 0.6) is 5.75 Å². The van der Waals surface area contributed by atoms with E-state index in [0.29, 0.717) is 41.5 Å². The van der Waals surface area contributed by atoms with Gasteiger partial charge in [0.2, 0.25) is 0 Å². The lowest BCUT2D eigenvalue weighted by molar-refractivity contribution is -0.384. The smallest absolute Gasteiger partial charge is 0.315 e. The van der Waals surface area contributed by atoms with Gasteiger partial charge >= 0.3 is 5.97 Å². The third-order valence-corrected chi connectivity index (χ3v) is 6.44. The minimum Gasteiger partial charge on any atom is -0.497 e.